The smallest absolute Gasteiger partial charge is 0.253 e. The lowest BCUT2D eigenvalue weighted by Gasteiger charge is -2.32. The molecule has 1 N–H and O–H groups in total. The molecule has 1 atom stereocenters. The first-order valence-electron chi connectivity index (χ1n) is 12.0. The van der Waals surface area contributed by atoms with E-state index >= 15 is 0 Å². The van der Waals surface area contributed by atoms with Crippen LogP contribution >= 0.6 is 11.3 Å². The number of aryl methyl sites for hydroxylation is 1. The molecule has 0 spiro atoms. The Kier molecular flexibility index (Phi) is 6.55. The van der Waals surface area contributed by atoms with E-state index in [4.69, 9.17) is 0 Å². The van der Waals surface area contributed by atoms with Gasteiger partial charge in [0.2, 0.25) is 0 Å². The SMILES string of the molecule is Cc1cccc2cc([C@H](c3nnnn3C(C)(C)C)N(Cc3ccccc3)Cc3cccs3)c(=O)[nH]c12. The van der Waals surface area contributed by atoms with Gasteiger partial charge in [-0.05, 0) is 72.1 Å². The predicted molar refractivity (Wildman–Crippen MR) is 144 cm³/mol. The van der Waals surface area contributed by atoms with Gasteiger partial charge in [-0.3, -0.25) is 9.69 Å². The zero-order valence-corrected chi connectivity index (χ0v) is 21.8. The quantitative estimate of drug-likeness (QED) is 0.324. The van der Waals surface area contributed by atoms with Crippen molar-refractivity contribution < 1.29 is 0 Å². The number of pyridine rings is 1. The van der Waals surface area contributed by atoms with Crippen LogP contribution in [0.3, 0.4) is 0 Å². The molecule has 0 aliphatic carbocycles. The van der Waals surface area contributed by atoms with Crippen molar-refractivity contribution in [2.24, 2.45) is 0 Å². The van der Waals surface area contributed by atoms with Crippen molar-refractivity contribution in [2.45, 2.75) is 52.4 Å². The number of aromatic amines is 1. The van der Waals surface area contributed by atoms with Gasteiger partial charge >= 0.3 is 0 Å². The summed E-state index contributed by atoms with van der Waals surface area (Å²) >= 11 is 1.70. The minimum atomic E-state index is -0.463. The molecule has 8 heteroatoms. The highest BCUT2D eigenvalue weighted by atomic mass is 32.1. The second-order valence-corrected chi connectivity index (χ2v) is 11.1. The van der Waals surface area contributed by atoms with Gasteiger partial charge in [0, 0.05) is 23.5 Å². The fourth-order valence-electron chi connectivity index (χ4n) is 4.60. The second kappa shape index (κ2) is 9.79. The number of rotatable bonds is 7. The topological polar surface area (TPSA) is 79.7 Å². The van der Waals surface area contributed by atoms with Crippen molar-refractivity contribution in [1.29, 1.82) is 0 Å². The van der Waals surface area contributed by atoms with E-state index in [0.29, 0.717) is 24.5 Å². The number of tetrazole rings is 1. The van der Waals surface area contributed by atoms with Gasteiger partial charge in [-0.25, -0.2) is 4.68 Å². The van der Waals surface area contributed by atoms with Crippen molar-refractivity contribution in [3.63, 3.8) is 0 Å². The first kappa shape index (κ1) is 24.1. The lowest BCUT2D eigenvalue weighted by Crippen LogP contribution is -2.37. The van der Waals surface area contributed by atoms with Crippen LogP contribution in [-0.2, 0) is 18.6 Å². The third kappa shape index (κ3) is 4.87. The van der Waals surface area contributed by atoms with Crippen LogP contribution < -0.4 is 5.56 Å². The lowest BCUT2D eigenvalue weighted by molar-refractivity contribution is 0.186. The van der Waals surface area contributed by atoms with Crippen LogP contribution in [0.4, 0.5) is 0 Å². The third-order valence-electron chi connectivity index (χ3n) is 6.32. The monoisotopic (exact) mass is 498 g/mol. The van der Waals surface area contributed by atoms with E-state index in [1.54, 1.807) is 11.3 Å². The highest BCUT2D eigenvalue weighted by Gasteiger charge is 2.33. The van der Waals surface area contributed by atoms with E-state index in [1.165, 1.54) is 4.88 Å². The average Bonchev–Trinajstić information content (AvgIpc) is 3.53. The molecule has 5 rings (SSSR count). The summed E-state index contributed by atoms with van der Waals surface area (Å²) in [6.07, 6.45) is 0. The molecule has 36 heavy (non-hydrogen) atoms. The largest absolute Gasteiger partial charge is 0.321 e. The molecule has 0 saturated heterocycles. The molecule has 7 nitrogen and oxygen atoms in total. The number of nitrogens with zero attached hydrogens (tertiary/aromatic N) is 5. The number of para-hydroxylation sites is 1. The fraction of sp³-hybridized carbons (Fsp3) is 0.286. The summed E-state index contributed by atoms with van der Waals surface area (Å²) in [4.78, 5) is 20.3. The Labute approximate surface area is 214 Å². The van der Waals surface area contributed by atoms with Crippen molar-refractivity contribution >= 4 is 22.2 Å². The number of hydrogen-bond acceptors (Lipinski definition) is 6. The summed E-state index contributed by atoms with van der Waals surface area (Å²) < 4.78 is 1.84. The summed E-state index contributed by atoms with van der Waals surface area (Å²) in [7, 11) is 0. The molecule has 0 aliphatic rings. The van der Waals surface area contributed by atoms with Crippen molar-refractivity contribution in [2.75, 3.05) is 0 Å². The molecule has 0 bridgehead atoms. The van der Waals surface area contributed by atoms with Crippen molar-refractivity contribution in [3.05, 3.63) is 110 Å². The predicted octanol–water partition coefficient (Wildman–Crippen LogP) is 5.43. The molecular formula is C28H30N6OS. The molecule has 0 radical (unpaired) electrons. The van der Waals surface area contributed by atoms with Crippen LogP contribution in [0.1, 0.15) is 54.2 Å². The van der Waals surface area contributed by atoms with E-state index in [0.717, 1.165) is 22.0 Å². The number of hydrogen-bond donors (Lipinski definition) is 1. The van der Waals surface area contributed by atoms with Gasteiger partial charge in [0.05, 0.1) is 11.1 Å². The zero-order chi connectivity index (χ0) is 25.3. The molecule has 2 aromatic carbocycles. The summed E-state index contributed by atoms with van der Waals surface area (Å²) in [5.41, 5.74) is 3.18. The molecular weight excluding hydrogens is 468 g/mol. The first-order chi connectivity index (χ1) is 17.3. The number of thiophene rings is 1. The molecule has 0 amide bonds. The van der Waals surface area contributed by atoms with Crippen LogP contribution in [0, 0.1) is 6.92 Å². The maximum Gasteiger partial charge on any atom is 0.253 e. The van der Waals surface area contributed by atoms with E-state index < -0.39 is 6.04 Å². The number of fused-ring (bicyclic) bond motifs is 1. The Hall–Kier alpha value is -3.62. The van der Waals surface area contributed by atoms with Gasteiger partial charge in [-0.2, -0.15) is 0 Å². The highest BCUT2D eigenvalue weighted by Crippen LogP contribution is 2.32. The fourth-order valence-corrected chi connectivity index (χ4v) is 5.33. The summed E-state index contributed by atoms with van der Waals surface area (Å²) in [5.74, 6) is 0.646. The molecule has 0 saturated carbocycles. The van der Waals surface area contributed by atoms with Crippen molar-refractivity contribution in [1.82, 2.24) is 30.1 Å². The first-order valence-corrected chi connectivity index (χ1v) is 12.9. The highest BCUT2D eigenvalue weighted by molar-refractivity contribution is 7.09. The lowest BCUT2D eigenvalue weighted by atomic mass is 10.00. The number of benzene rings is 2. The molecule has 0 aliphatic heterocycles. The normalized spacial score (nSPS) is 12.9. The molecule has 3 aromatic heterocycles. The van der Waals surface area contributed by atoms with Crippen LogP contribution in [0.5, 0.6) is 0 Å². The number of nitrogens with one attached hydrogen (secondary N) is 1. The van der Waals surface area contributed by atoms with Crippen LogP contribution in [0.25, 0.3) is 10.9 Å². The van der Waals surface area contributed by atoms with Gasteiger partial charge in [0.15, 0.2) is 5.82 Å². The Morgan fingerprint density at radius 3 is 2.56 bits per heavy atom. The van der Waals surface area contributed by atoms with Crippen LogP contribution in [0.15, 0.2) is 76.9 Å². The van der Waals surface area contributed by atoms with Gasteiger partial charge in [-0.1, -0.05) is 54.6 Å². The van der Waals surface area contributed by atoms with Crippen LogP contribution in [-0.4, -0.2) is 30.1 Å². The Bertz CT molecular complexity index is 1520. The number of aromatic nitrogens is 5. The Morgan fingerprint density at radius 2 is 1.83 bits per heavy atom. The summed E-state index contributed by atoms with van der Waals surface area (Å²) in [5, 5.41) is 16.0. The minimum Gasteiger partial charge on any atom is -0.321 e. The molecule has 0 unspecified atom stereocenters. The summed E-state index contributed by atoms with van der Waals surface area (Å²) in [6.45, 7) is 9.50. The minimum absolute atomic E-state index is 0.130. The standard InChI is InChI=1S/C28H30N6OS/c1-19-10-8-13-21-16-23(27(35)29-24(19)21)25(26-30-31-32-34(26)28(2,3)4)33(18-22-14-9-15-36-22)17-20-11-6-5-7-12-20/h5-16,25H,17-18H2,1-4H3,(H,29,35)/t25-/m1/s1. The molecule has 5 aromatic rings. The maximum atomic E-state index is 13.7. The van der Waals surface area contributed by atoms with Gasteiger partial charge in [0.1, 0.15) is 6.04 Å². The zero-order valence-electron chi connectivity index (χ0n) is 21.0. The van der Waals surface area contributed by atoms with E-state index in [1.807, 2.05) is 54.1 Å². The third-order valence-corrected chi connectivity index (χ3v) is 7.18. The Balaban J connectivity index is 1.73. The van der Waals surface area contributed by atoms with Gasteiger partial charge < -0.3 is 4.98 Å². The van der Waals surface area contributed by atoms with Gasteiger partial charge in [-0.15, -0.1) is 16.4 Å². The molecule has 3 heterocycles. The summed E-state index contributed by atoms with van der Waals surface area (Å²) in [6, 6.07) is 22.1. The van der Waals surface area contributed by atoms with E-state index in [-0.39, 0.29) is 11.1 Å². The number of H-pyrrole nitrogens is 1. The van der Waals surface area contributed by atoms with Crippen molar-refractivity contribution in [3.8, 4) is 0 Å². The second-order valence-electron chi connectivity index (χ2n) is 10.1. The Morgan fingerprint density at radius 1 is 1.03 bits per heavy atom. The van der Waals surface area contributed by atoms with E-state index in [2.05, 4.69) is 75.8 Å². The van der Waals surface area contributed by atoms with Crippen LogP contribution in [0.2, 0.25) is 0 Å². The maximum absolute atomic E-state index is 13.7. The molecule has 0 fully saturated rings. The van der Waals surface area contributed by atoms with Gasteiger partial charge in [0.25, 0.3) is 5.56 Å². The molecule has 184 valence electrons. The average molecular weight is 499 g/mol. The van der Waals surface area contributed by atoms with E-state index in [9.17, 15) is 4.79 Å².